The molecule has 1 aromatic carbocycles. The molecule has 1 aromatic heterocycles. The van der Waals surface area contributed by atoms with E-state index in [1.54, 1.807) is 6.07 Å². The number of aryl methyl sites for hydroxylation is 2. The van der Waals surface area contributed by atoms with Crippen LogP contribution in [0.25, 0.3) is 0 Å². The Kier molecular flexibility index (Phi) is 4.22. The second-order valence-electron chi connectivity index (χ2n) is 4.52. The van der Waals surface area contributed by atoms with Crippen LogP contribution in [0.5, 0.6) is 5.75 Å². The van der Waals surface area contributed by atoms with Crippen LogP contribution in [0.4, 0.5) is 4.39 Å². The number of hydrogen-bond acceptors (Lipinski definition) is 3. The number of benzene rings is 1. The molecular weight excluding hydrogens is 245 g/mol. The van der Waals surface area contributed by atoms with E-state index in [1.807, 2.05) is 27.0 Å². The number of hydrogen-bond donors (Lipinski definition) is 1. The molecule has 0 aliphatic heterocycles. The molecule has 2 rings (SSSR count). The average Bonchev–Trinajstić information content (AvgIpc) is 2.72. The van der Waals surface area contributed by atoms with Gasteiger partial charge in [0.2, 0.25) is 0 Å². The summed E-state index contributed by atoms with van der Waals surface area (Å²) in [5.74, 6) is 1.87. The zero-order valence-corrected chi connectivity index (χ0v) is 11.4. The molecule has 2 aromatic rings. The summed E-state index contributed by atoms with van der Waals surface area (Å²) < 4.78 is 24.3. The average molecular weight is 263 g/mol. The normalized spacial score (nSPS) is 10.7. The Bertz CT molecular complexity index is 563. The molecule has 102 valence electrons. The van der Waals surface area contributed by atoms with Crippen molar-refractivity contribution >= 4 is 0 Å². The first kappa shape index (κ1) is 13.6. The molecule has 1 N–H and O–H groups in total. The van der Waals surface area contributed by atoms with Crippen molar-refractivity contribution in [3.63, 3.8) is 0 Å². The number of halogens is 1. The van der Waals surface area contributed by atoms with Crippen LogP contribution in [0.1, 0.15) is 22.6 Å². The van der Waals surface area contributed by atoms with E-state index in [4.69, 9.17) is 9.15 Å². The lowest BCUT2D eigenvalue weighted by Gasteiger charge is -2.07. The van der Waals surface area contributed by atoms with E-state index in [-0.39, 0.29) is 5.82 Å². The van der Waals surface area contributed by atoms with Gasteiger partial charge in [-0.05, 0) is 38.6 Å². The van der Waals surface area contributed by atoms with E-state index in [2.05, 4.69) is 5.32 Å². The zero-order valence-electron chi connectivity index (χ0n) is 11.4. The minimum atomic E-state index is -0.299. The lowest BCUT2D eigenvalue weighted by molar-refractivity contribution is 0.265. The number of rotatable bonds is 5. The predicted octanol–water partition coefficient (Wildman–Crippen LogP) is 3.33. The molecule has 0 spiro atoms. The summed E-state index contributed by atoms with van der Waals surface area (Å²) in [4.78, 5) is 0. The van der Waals surface area contributed by atoms with Crippen molar-refractivity contribution < 1.29 is 13.5 Å². The van der Waals surface area contributed by atoms with Crippen LogP contribution in [-0.4, -0.2) is 7.05 Å². The minimum Gasteiger partial charge on any atom is -0.485 e. The molecule has 0 radical (unpaired) electrons. The molecule has 0 saturated heterocycles. The number of furan rings is 1. The summed E-state index contributed by atoms with van der Waals surface area (Å²) in [6, 6.07) is 6.47. The topological polar surface area (TPSA) is 34.4 Å². The highest BCUT2D eigenvalue weighted by Crippen LogP contribution is 2.21. The maximum atomic E-state index is 13.1. The van der Waals surface area contributed by atoms with Gasteiger partial charge in [0, 0.05) is 18.2 Å². The summed E-state index contributed by atoms with van der Waals surface area (Å²) in [5, 5.41) is 3.08. The third-order valence-corrected chi connectivity index (χ3v) is 2.96. The molecule has 3 nitrogen and oxygen atoms in total. The third kappa shape index (κ3) is 3.35. The SMILES string of the molecule is CNCc1cc(COc2cc(F)ccc2C)oc1C. The monoisotopic (exact) mass is 263 g/mol. The second-order valence-corrected chi connectivity index (χ2v) is 4.52. The van der Waals surface area contributed by atoms with Crippen LogP contribution in [0.15, 0.2) is 28.7 Å². The van der Waals surface area contributed by atoms with E-state index in [9.17, 15) is 4.39 Å². The highest BCUT2D eigenvalue weighted by Gasteiger charge is 2.08. The van der Waals surface area contributed by atoms with Crippen LogP contribution >= 0.6 is 0 Å². The van der Waals surface area contributed by atoms with Gasteiger partial charge in [-0.25, -0.2) is 4.39 Å². The Hall–Kier alpha value is -1.81. The van der Waals surface area contributed by atoms with E-state index in [1.165, 1.54) is 12.1 Å². The van der Waals surface area contributed by atoms with Crippen LogP contribution in [0.3, 0.4) is 0 Å². The van der Waals surface area contributed by atoms with Crippen molar-refractivity contribution in [3.8, 4) is 5.75 Å². The first-order valence-corrected chi connectivity index (χ1v) is 6.22. The van der Waals surface area contributed by atoms with Gasteiger partial charge in [-0.1, -0.05) is 6.07 Å². The molecule has 0 bridgehead atoms. The number of nitrogens with one attached hydrogen (secondary N) is 1. The Balaban J connectivity index is 2.06. The fraction of sp³-hybridized carbons (Fsp3) is 0.333. The van der Waals surface area contributed by atoms with Gasteiger partial charge in [-0.15, -0.1) is 0 Å². The second kappa shape index (κ2) is 5.89. The van der Waals surface area contributed by atoms with Crippen molar-refractivity contribution in [1.29, 1.82) is 0 Å². The van der Waals surface area contributed by atoms with Crippen molar-refractivity contribution in [2.45, 2.75) is 27.0 Å². The van der Waals surface area contributed by atoms with Gasteiger partial charge in [-0.2, -0.15) is 0 Å². The zero-order chi connectivity index (χ0) is 13.8. The molecule has 0 amide bonds. The Morgan fingerprint density at radius 1 is 1.26 bits per heavy atom. The van der Waals surface area contributed by atoms with E-state index in [0.29, 0.717) is 12.4 Å². The van der Waals surface area contributed by atoms with Crippen molar-refractivity contribution in [1.82, 2.24) is 5.32 Å². The van der Waals surface area contributed by atoms with E-state index in [0.717, 1.165) is 29.2 Å². The largest absolute Gasteiger partial charge is 0.485 e. The lowest BCUT2D eigenvalue weighted by Crippen LogP contribution is -2.04. The van der Waals surface area contributed by atoms with Crippen LogP contribution in [0.2, 0.25) is 0 Å². The minimum absolute atomic E-state index is 0.299. The Morgan fingerprint density at radius 3 is 2.79 bits per heavy atom. The van der Waals surface area contributed by atoms with Gasteiger partial charge >= 0.3 is 0 Å². The van der Waals surface area contributed by atoms with Gasteiger partial charge in [0.15, 0.2) is 0 Å². The molecule has 19 heavy (non-hydrogen) atoms. The quantitative estimate of drug-likeness (QED) is 0.898. The first-order chi connectivity index (χ1) is 9.10. The standard InChI is InChI=1S/C15H18FNO2/c1-10-4-5-13(16)7-15(10)18-9-14-6-12(8-17-3)11(2)19-14/h4-7,17H,8-9H2,1-3H3. The van der Waals surface area contributed by atoms with Crippen LogP contribution in [-0.2, 0) is 13.2 Å². The van der Waals surface area contributed by atoms with E-state index >= 15 is 0 Å². The van der Waals surface area contributed by atoms with Crippen LogP contribution < -0.4 is 10.1 Å². The van der Waals surface area contributed by atoms with Crippen molar-refractivity contribution in [2.75, 3.05) is 7.05 Å². The molecule has 0 saturated carbocycles. The van der Waals surface area contributed by atoms with Gasteiger partial charge in [0.25, 0.3) is 0 Å². The molecule has 0 atom stereocenters. The molecule has 0 unspecified atom stereocenters. The smallest absolute Gasteiger partial charge is 0.146 e. The predicted molar refractivity (Wildman–Crippen MR) is 71.7 cm³/mol. The maximum Gasteiger partial charge on any atom is 0.146 e. The Labute approximate surface area is 112 Å². The highest BCUT2D eigenvalue weighted by atomic mass is 19.1. The summed E-state index contributed by atoms with van der Waals surface area (Å²) >= 11 is 0. The third-order valence-electron chi connectivity index (χ3n) is 2.96. The molecule has 0 aliphatic rings. The summed E-state index contributed by atoms with van der Waals surface area (Å²) in [5.41, 5.74) is 2.01. The number of ether oxygens (including phenoxy) is 1. The van der Waals surface area contributed by atoms with E-state index < -0.39 is 0 Å². The molecule has 4 heteroatoms. The summed E-state index contributed by atoms with van der Waals surface area (Å²) in [6.07, 6.45) is 0. The fourth-order valence-electron chi connectivity index (χ4n) is 1.90. The molecule has 0 aliphatic carbocycles. The fourth-order valence-corrected chi connectivity index (χ4v) is 1.90. The molecular formula is C15H18FNO2. The first-order valence-electron chi connectivity index (χ1n) is 6.22. The van der Waals surface area contributed by atoms with Gasteiger partial charge in [0.1, 0.15) is 29.7 Å². The van der Waals surface area contributed by atoms with Gasteiger partial charge < -0.3 is 14.5 Å². The van der Waals surface area contributed by atoms with Gasteiger partial charge in [0.05, 0.1) is 0 Å². The van der Waals surface area contributed by atoms with Gasteiger partial charge in [-0.3, -0.25) is 0 Å². The highest BCUT2D eigenvalue weighted by molar-refractivity contribution is 5.32. The molecule has 0 fully saturated rings. The summed E-state index contributed by atoms with van der Waals surface area (Å²) in [6.45, 7) is 4.86. The molecule has 1 heterocycles. The van der Waals surface area contributed by atoms with Crippen LogP contribution in [0, 0.1) is 19.7 Å². The van der Waals surface area contributed by atoms with Crippen molar-refractivity contribution in [2.24, 2.45) is 0 Å². The lowest BCUT2D eigenvalue weighted by atomic mass is 10.2. The summed E-state index contributed by atoms with van der Waals surface area (Å²) in [7, 11) is 1.89. The van der Waals surface area contributed by atoms with Crippen molar-refractivity contribution in [3.05, 3.63) is 52.7 Å². The maximum absolute atomic E-state index is 13.1. The Morgan fingerprint density at radius 2 is 2.05 bits per heavy atom.